The molecule has 0 aromatic rings. The fraction of sp³-hybridized carbons (Fsp3) is 0.900. The van der Waals surface area contributed by atoms with Crippen molar-refractivity contribution in [3.05, 3.63) is 0 Å². The summed E-state index contributed by atoms with van der Waals surface area (Å²) in [6.45, 7) is 5.87. The molecular formula is C10H15O4S-. The van der Waals surface area contributed by atoms with E-state index in [1.165, 1.54) is 0 Å². The lowest BCUT2D eigenvalue weighted by molar-refractivity contribution is -0.125. The highest BCUT2D eigenvalue weighted by molar-refractivity contribution is 7.87. The maximum Gasteiger partial charge on any atom is 0.153 e. The summed E-state index contributed by atoms with van der Waals surface area (Å²) < 4.78 is 33.2. The van der Waals surface area contributed by atoms with Crippen LogP contribution in [0.25, 0.3) is 0 Å². The molecule has 0 N–H and O–H groups in total. The number of hydrogen-bond acceptors (Lipinski definition) is 4. The molecule has 0 aliphatic heterocycles. The maximum absolute atomic E-state index is 11.7. The molecule has 4 nitrogen and oxygen atoms in total. The van der Waals surface area contributed by atoms with Gasteiger partial charge in [-0.2, -0.15) is 0 Å². The number of ketones is 1. The van der Waals surface area contributed by atoms with Crippen LogP contribution in [0.15, 0.2) is 0 Å². The molecule has 2 rings (SSSR count). The van der Waals surface area contributed by atoms with Gasteiger partial charge in [-0.1, -0.05) is 20.8 Å². The number of rotatable bonds is 1. The van der Waals surface area contributed by atoms with Crippen LogP contribution in [0.2, 0.25) is 0 Å². The monoisotopic (exact) mass is 231 g/mol. The number of carbonyl (C=O) groups is 1. The molecule has 0 unspecified atom stereocenters. The Morgan fingerprint density at radius 2 is 1.93 bits per heavy atom. The topological polar surface area (TPSA) is 74.3 Å². The largest absolute Gasteiger partial charge is 0.747 e. The molecule has 2 fully saturated rings. The van der Waals surface area contributed by atoms with E-state index in [0.717, 1.165) is 0 Å². The van der Waals surface area contributed by atoms with E-state index in [2.05, 4.69) is 0 Å². The molecule has 0 radical (unpaired) electrons. The van der Waals surface area contributed by atoms with Crippen molar-refractivity contribution in [2.75, 3.05) is 0 Å². The molecule has 15 heavy (non-hydrogen) atoms. The summed E-state index contributed by atoms with van der Waals surface area (Å²) in [5.41, 5.74) is -0.222. The van der Waals surface area contributed by atoms with E-state index >= 15 is 0 Å². The Bertz CT molecular complexity index is 409. The van der Waals surface area contributed by atoms with Crippen molar-refractivity contribution in [3.63, 3.8) is 0 Å². The summed E-state index contributed by atoms with van der Waals surface area (Å²) in [5.74, 6) is -0.680. The van der Waals surface area contributed by atoms with Gasteiger partial charge in [0.25, 0.3) is 0 Å². The predicted octanol–water partition coefficient (Wildman–Crippen LogP) is 0.781. The van der Waals surface area contributed by atoms with Crippen LogP contribution in [0.1, 0.15) is 27.2 Å². The summed E-state index contributed by atoms with van der Waals surface area (Å²) >= 11 is 0. The Balaban J connectivity index is 2.46. The van der Waals surface area contributed by atoms with Crippen molar-refractivity contribution in [2.24, 2.45) is 23.2 Å². The Kier molecular flexibility index (Phi) is 2.09. The third-order valence-electron chi connectivity index (χ3n) is 4.56. The zero-order valence-electron chi connectivity index (χ0n) is 9.06. The maximum atomic E-state index is 11.7. The van der Waals surface area contributed by atoms with Crippen molar-refractivity contribution in [2.45, 2.75) is 32.4 Å². The highest BCUT2D eigenvalue weighted by Gasteiger charge is 2.61. The third-order valence-corrected chi connectivity index (χ3v) is 5.75. The quantitative estimate of drug-likeness (QED) is 0.625. The van der Waals surface area contributed by atoms with Crippen LogP contribution >= 0.6 is 0 Å². The van der Waals surface area contributed by atoms with Crippen molar-refractivity contribution in [1.29, 1.82) is 0 Å². The number of hydrogen-bond donors (Lipinski definition) is 0. The van der Waals surface area contributed by atoms with Crippen LogP contribution in [0.4, 0.5) is 0 Å². The van der Waals surface area contributed by atoms with Crippen molar-refractivity contribution < 1.29 is 17.8 Å². The van der Waals surface area contributed by atoms with E-state index in [1.54, 1.807) is 0 Å². The highest BCUT2D eigenvalue weighted by Crippen LogP contribution is 2.58. The van der Waals surface area contributed by atoms with E-state index in [1.807, 2.05) is 20.8 Å². The normalized spacial score (nSPS) is 43.6. The molecule has 0 spiro atoms. The minimum Gasteiger partial charge on any atom is -0.747 e. The van der Waals surface area contributed by atoms with E-state index in [-0.39, 0.29) is 29.0 Å². The Morgan fingerprint density at radius 3 is 2.33 bits per heavy atom. The fourth-order valence-corrected chi connectivity index (χ4v) is 4.59. The summed E-state index contributed by atoms with van der Waals surface area (Å²) in [4.78, 5) is 11.7. The second kappa shape index (κ2) is 2.83. The van der Waals surface area contributed by atoms with E-state index in [4.69, 9.17) is 0 Å². The van der Waals surface area contributed by atoms with E-state index in [0.29, 0.717) is 6.42 Å². The minimum absolute atomic E-state index is 0.174. The predicted molar refractivity (Wildman–Crippen MR) is 53.0 cm³/mol. The number of fused-ring (bicyclic) bond motifs is 2. The molecule has 5 heteroatoms. The van der Waals surface area contributed by atoms with Gasteiger partial charge in [0.05, 0.1) is 0 Å². The standard InChI is InChI=1S/C10H16O4S/c1-5-6-4-7(10(5,2)3)9(8(6)11)15(12,13)14/h5-7,9H,4H2,1-3H3,(H,12,13,14)/p-1/t5-,6-,7-,9+/m1/s1. The van der Waals surface area contributed by atoms with Gasteiger partial charge in [-0.3, -0.25) is 4.79 Å². The second-order valence-corrected chi connectivity index (χ2v) is 6.87. The summed E-state index contributed by atoms with van der Waals surface area (Å²) in [5, 5.41) is -1.28. The molecule has 2 saturated carbocycles. The third kappa shape index (κ3) is 1.29. The smallest absolute Gasteiger partial charge is 0.153 e. The van der Waals surface area contributed by atoms with Gasteiger partial charge in [-0.15, -0.1) is 0 Å². The average molecular weight is 231 g/mol. The molecule has 2 aliphatic carbocycles. The van der Waals surface area contributed by atoms with Crippen molar-refractivity contribution in [3.8, 4) is 0 Å². The lowest BCUT2D eigenvalue weighted by Crippen LogP contribution is -2.46. The summed E-state index contributed by atoms with van der Waals surface area (Å²) in [6, 6.07) is 0. The number of carbonyl (C=O) groups excluding carboxylic acids is 1. The summed E-state index contributed by atoms with van der Waals surface area (Å²) in [6.07, 6.45) is 0.569. The van der Waals surface area contributed by atoms with E-state index < -0.39 is 15.4 Å². The van der Waals surface area contributed by atoms with Gasteiger partial charge >= 0.3 is 0 Å². The molecule has 2 bridgehead atoms. The zero-order valence-corrected chi connectivity index (χ0v) is 9.87. The van der Waals surface area contributed by atoms with Crippen molar-refractivity contribution >= 4 is 15.9 Å². The van der Waals surface area contributed by atoms with Gasteiger partial charge < -0.3 is 4.55 Å². The first-order valence-corrected chi connectivity index (χ1v) is 6.63. The number of Topliss-reactive ketones (excluding diaryl/α,β-unsaturated/α-hetero) is 1. The van der Waals surface area contributed by atoms with Gasteiger partial charge in [0.2, 0.25) is 0 Å². The SMILES string of the molecule is C[C@@H]1[C@H]2C[C@H]([C@H](S(=O)(=O)[O-])C2=O)C1(C)C. The molecule has 0 aromatic carbocycles. The highest BCUT2D eigenvalue weighted by atomic mass is 32.2. The Morgan fingerprint density at radius 1 is 1.40 bits per heavy atom. The molecular weight excluding hydrogens is 216 g/mol. The second-order valence-electron chi connectivity index (χ2n) is 5.37. The molecule has 0 heterocycles. The molecule has 2 aliphatic rings. The molecule has 0 saturated heterocycles. The van der Waals surface area contributed by atoms with Crippen LogP contribution in [-0.2, 0) is 14.9 Å². The first kappa shape index (κ1) is 11.1. The summed E-state index contributed by atoms with van der Waals surface area (Å²) in [7, 11) is -4.48. The van der Waals surface area contributed by atoms with Gasteiger partial charge in [0.1, 0.15) is 15.4 Å². The molecule has 86 valence electrons. The Hall–Kier alpha value is -0.420. The molecule has 0 aromatic heterocycles. The first-order chi connectivity index (χ1) is 6.67. The van der Waals surface area contributed by atoms with Crippen LogP contribution < -0.4 is 0 Å². The van der Waals surface area contributed by atoms with E-state index in [9.17, 15) is 17.8 Å². The van der Waals surface area contributed by atoms with Crippen LogP contribution in [-0.4, -0.2) is 24.0 Å². The van der Waals surface area contributed by atoms with Crippen LogP contribution in [0.5, 0.6) is 0 Å². The average Bonchev–Trinajstić information content (AvgIpc) is 2.48. The van der Waals surface area contributed by atoms with Gasteiger partial charge in [0.15, 0.2) is 5.78 Å². The van der Waals surface area contributed by atoms with Gasteiger partial charge in [-0.05, 0) is 23.7 Å². The van der Waals surface area contributed by atoms with Crippen molar-refractivity contribution in [1.82, 2.24) is 0 Å². The van der Waals surface area contributed by atoms with Crippen LogP contribution in [0.3, 0.4) is 0 Å². The fourth-order valence-electron chi connectivity index (χ4n) is 3.27. The Labute approximate surface area is 89.8 Å². The lowest BCUT2D eigenvalue weighted by Gasteiger charge is -2.40. The van der Waals surface area contributed by atoms with Crippen LogP contribution in [0, 0.1) is 23.2 Å². The minimum atomic E-state index is -4.48. The first-order valence-electron chi connectivity index (χ1n) is 5.16. The van der Waals surface area contributed by atoms with Gasteiger partial charge in [-0.25, -0.2) is 8.42 Å². The van der Waals surface area contributed by atoms with Gasteiger partial charge in [0, 0.05) is 5.92 Å². The molecule has 0 amide bonds. The zero-order chi connectivity index (χ0) is 11.6. The lowest BCUT2D eigenvalue weighted by atomic mass is 9.69. The molecule has 4 atom stereocenters.